The van der Waals surface area contributed by atoms with Crippen molar-refractivity contribution >= 4 is 23.4 Å². The molecule has 0 unspecified atom stereocenters. The van der Waals surface area contributed by atoms with Crippen LogP contribution in [0.25, 0.3) is 6.08 Å². The van der Waals surface area contributed by atoms with E-state index in [-0.39, 0.29) is 12.2 Å². The van der Waals surface area contributed by atoms with Gasteiger partial charge in [0, 0.05) is 0 Å². The Labute approximate surface area is 231 Å². The Kier molecular flexibility index (Phi) is 8.91. The molecule has 0 N–H and O–H groups in total. The van der Waals surface area contributed by atoms with Crippen molar-refractivity contribution in [2.75, 3.05) is 26.9 Å². The molecule has 8 nitrogen and oxygen atoms in total. The highest BCUT2D eigenvalue weighted by Gasteiger charge is 2.33. The summed E-state index contributed by atoms with van der Waals surface area (Å²) in [5, 5.41) is 0. The standard InChI is InChI=1S/C30H34N2O6S/c1-7-36-22-12-10-21(11-13-22)27-26(29(34)37-8-2)19(5)31-30-32(27)28(33)25(39-30)16-20-9-14-23(24(15-20)35-6)38-17-18(3)4/h9-16,18,27H,7-8,17H2,1-6H3/b25-16+/t27-/m0/s1. The Bertz CT molecular complexity index is 1550. The molecule has 1 atom stereocenters. The monoisotopic (exact) mass is 550 g/mol. The number of ether oxygens (including phenoxy) is 4. The molecule has 2 aromatic carbocycles. The Balaban J connectivity index is 1.83. The van der Waals surface area contributed by atoms with Crippen LogP contribution in [0, 0.1) is 5.92 Å². The van der Waals surface area contributed by atoms with E-state index in [0.717, 1.165) is 11.1 Å². The number of fused-ring (bicyclic) bond motifs is 1. The van der Waals surface area contributed by atoms with Crippen molar-refractivity contribution in [3.8, 4) is 17.2 Å². The average molecular weight is 551 g/mol. The van der Waals surface area contributed by atoms with Gasteiger partial charge in [-0.15, -0.1) is 0 Å². The fourth-order valence-corrected chi connectivity index (χ4v) is 5.37. The fraction of sp³-hybridized carbons (Fsp3) is 0.367. The summed E-state index contributed by atoms with van der Waals surface area (Å²) in [4.78, 5) is 32.0. The minimum Gasteiger partial charge on any atom is -0.494 e. The third-order valence-electron chi connectivity index (χ3n) is 6.08. The molecule has 0 amide bonds. The van der Waals surface area contributed by atoms with Gasteiger partial charge in [-0.2, -0.15) is 0 Å². The predicted octanol–water partition coefficient (Wildman–Crippen LogP) is 4.24. The molecule has 0 bridgehead atoms. The van der Waals surface area contributed by atoms with Gasteiger partial charge in [0.2, 0.25) is 0 Å². The maximum Gasteiger partial charge on any atom is 0.338 e. The van der Waals surface area contributed by atoms with Crippen LogP contribution in [0.5, 0.6) is 17.2 Å². The second kappa shape index (κ2) is 12.3. The number of thiazole rings is 1. The lowest BCUT2D eigenvalue weighted by Crippen LogP contribution is -2.39. The second-order valence-corrected chi connectivity index (χ2v) is 10.4. The smallest absolute Gasteiger partial charge is 0.338 e. The molecule has 9 heteroatoms. The van der Waals surface area contributed by atoms with Gasteiger partial charge < -0.3 is 18.9 Å². The van der Waals surface area contributed by atoms with Gasteiger partial charge >= 0.3 is 5.97 Å². The summed E-state index contributed by atoms with van der Waals surface area (Å²) >= 11 is 1.27. The molecule has 0 saturated heterocycles. The van der Waals surface area contributed by atoms with Crippen LogP contribution in [0.4, 0.5) is 0 Å². The number of aromatic nitrogens is 1. The predicted molar refractivity (Wildman–Crippen MR) is 151 cm³/mol. The highest BCUT2D eigenvalue weighted by molar-refractivity contribution is 7.07. The summed E-state index contributed by atoms with van der Waals surface area (Å²) in [6, 6.07) is 12.3. The van der Waals surface area contributed by atoms with Gasteiger partial charge in [0.1, 0.15) is 5.75 Å². The number of esters is 1. The van der Waals surface area contributed by atoms with Crippen molar-refractivity contribution in [2.24, 2.45) is 10.9 Å². The first-order chi connectivity index (χ1) is 18.8. The van der Waals surface area contributed by atoms with Gasteiger partial charge in [0.15, 0.2) is 16.3 Å². The number of methoxy groups -OCH3 is 1. The van der Waals surface area contributed by atoms with Gasteiger partial charge in [0.25, 0.3) is 5.56 Å². The summed E-state index contributed by atoms with van der Waals surface area (Å²) in [5.41, 5.74) is 2.16. The summed E-state index contributed by atoms with van der Waals surface area (Å²) < 4.78 is 24.4. The number of carbonyl (C=O) groups is 1. The van der Waals surface area contributed by atoms with Crippen molar-refractivity contribution in [2.45, 2.75) is 40.7 Å². The molecule has 0 fully saturated rings. The van der Waals surface area contributed by atoms with E-state index in [4.69, 9.17) is 18.9 Å². The SMILES string of the molecule is CCOC(=O)C1=C(C)N=c2s/c(=C/c3ccc(OCC(C)C)c(OC)c3)c(=O)n2[C@H]1c1ccc(OCC)cc1. The highest BCUT2D eigenvalue weighted by Crippen LogP contribution is 2.32. The van der Waals surface area contributed by atoms with Gasteiger partial charge in [-0.25, -0.2) is 9.79 Å². The lowest BCUT2D eigenvalue weighted by molar-refractivity contribution is -0.139. The Morgan fingerprint density at radius 1 is 1.08 bits per heavy atom. The number of benzene rings is 2. The molecule has 1 aromatic heterocycles. The first-order valence-electron chi connectivity index (χ1n) is 13.0. The van der Waals surface area contributed by atoms with Crippen LogP contribution in [0.2, 0.25) is 0 Å². The van der Waals surface area contributed by atoms with E-state index in [1.165, 1.54) is 11.3 Å². The van der Waals surface area contributed by atoms with E-state index < -0.39 is 12.0 Å². The minimum atomic E-state index is -0.681. The molecular formula is C30H34N2O6S. The molecule has 2 heterocycles. The van der Waals surface area contributed by atoms with Crippen molar-refractivity contribution in [3.63, 3.8) is 0 Å². The van der Waals surface area contributed by atoms with Crippen molar-refractivity contribution in [1.82, 2.24) is 4.57 Å². The summed E-state index contributed by atoms with van der Waals surface area (Å²) in [6.07, 6.45) is 1.80. The third-order valence-corrected chi connectivity index (χ3v) is 7.06. The number of allylic oxidation sites excluding steroid dienone is 1. The average Bonchev–Trinajstić information content (AvgIpc) is 3.21. The van der Waals surface area contributed by atoms with Gasteiger partial charge in [0.05, 0.1) is 48.8 Å². The number of nitrogens with zero attached hydrogens (tertiary/aromatic N) is 2. The number of hydrogen-bond donors (Lipinski definition) is 0. The van der Waals surface area contributed by atoms with Crippen LogP contribution >= 0.6 is 11.3 Å². The normalized spacial score (nSPS) is 15.2. The van der Waals surface area contributed by atoms with E-state index in [9.17, 15) is 9.59 Å². The Morgan fingerprint density at radius 3 is 2.46 bits per heavy atom. The zero-order chi connectivity index (χ0) is 28.1. The number of hydrogen-bond acceptors (Lipinski definition) is 8. The molecule has 3 aromatic rings. The van der Waals surface area contributed by atoms with Gasteiger partial charge in [-0.1, -0.05) is 43.4 Å². The molecule has 1 aliphatic heterocycles. The van der Waals surface area contributed by atoms with Crippen molar-refractivity contribution < 1.29 is 23.7 Å². The lowest BCUT2D eigenvalue weighted by Gasteiger charge is -2.24. The number of rotatable bonds is 10. The maximum atomic E-state index is 13.8. The quantitative estimate of drug-likeness (QED) is 0.351. The van der Waals surface area contributed by atoms with Crippen LogP contribution in [-0.4, -0.2) is 37.5 Å². The Morgan fingerprint density at radius 2 is 1.82 bits per heavy atom. The van der Waals surface area contributed by atoms with Crippen LogP contribution in [0.15, 0.2) is 63.5 Å². The first kappa shape index (κ1) is 28.2. The zero-order valence-corrected chi connectivity index (χ0v) is 24.0. The summed E-state index contributed by atoms with van der Waals surface area (Å²) in [6.45, 7) is 10.9. The topological polar surface area (TPSA) is 88.4 Å². The molecular weight excluding hydrogens is 516 g/mol. The van der Waals surface area contributed by atoms with Crippen molar-refractivity contribution in [3.05, 3.63) is 84.5 Å². The van der Waals surface area contributed by atoms with E-state index >= 15 is 0 Å². The minimum absolute atomic E-state index is 0.217. The fourth-order valence-electron chi connectivity index (χ4n) is 4.32. The Hall–Kier alpha value is -3.85. The van der Waals surface area contributed by atoms with Gasteiger partial charge in [-0.05, 0) is 68.2 Å². The van der Waals surface area contributed by atoms with Crippen LogP contribution in [0.3, 0.4) is 0 Å². The first-order valence-corrected chi connectivity index (χ1v) is 13.8. The molecule has 0 spiro atoms. The van der Waals surface area contributed by atoms with Crippen molar-refractivity contribution in [1.29, 1.82) is 0 Å². The van der Waals surface area contributed by atoms with E-state index in [2.05, 4.69) is 18.8 Å². The van der Waals surface area contributed by atoms with Crippen LogP contribution < -0.4 is 29.1 Å². The van der Waals surface area contributed by atoms with Crippen LogP contribution in [0.1, 0.15) is 51.8 Å². The highest BCUT2D eigenvalue weighted by atomic mass is 32.1. The molecule has 1 aliphatic rings. The number of carbonyl (C=O) groups excluding carboxylic acids is 1. The molecule has 0 aliphatic carbocycles. The largest absolute Gasteiger partial charge is 0.494 e. The van der Waals surface area contributed by atoms with E-state index in [0.29, 0.717) is 57.0 Å². The third kappa shape index (κ3) is 6.09. The lowest BCUT2D eigenvalue weighted by atomic mass is 9.96. The summed E-state index contributed by atoms with van der Waals surface area (Å²) in [5.74, 6) is 1.83. The molecule has 0 radical (unpaired) electrons. The van der Waals surface area contributed by atoms with Gasteiger partial charge in [-0.3, -0.25) is 9.36 Å². The summed E-state index contributed by atoms with van der Waals surface area (Å²) in [7, 11) is 1.59. The van der Waals surface area contributed by atoms with E-state index in [1.807, 2.05) is 49.4 Å². The maximum absolute atomic E-state index is 13.8. The molecule has 4 rings (SSSR count). The molecule has 39 heavy (non-hydrogen) atoms. The molecule has 0 saturated carbocycles. The van der Waals surface area contributed by atoms with E-state index in [1.54, 1.807) is 31.6 Å². The second-order valence-electron chi connectivity index (χ2n) is 9.42. The molecule has 206 valence electrons. The van der Waals surface area contributed by atoms with Crippen LogP contribution in [-0.2, 0) is 9.53 Å². The zero-order valence-electron chi connectivity index (χ0n) is 23.1.